The Bertz CT molecular complexity index is 836. The van der Waals surface area contributed by atoms with Crippen molar-refractivity contribution in [2.24, 2.45) is 0 Å². The van der Waals surface area contributed by atoms with Crippen LogP contribution in [0.15, 0.2) is 48.5 Å². The van der Waals surface area contributed by atoms with E-state index in [0.717, 1.165) is 12.8 Å². The number of carbonyl (C=O) groups is 2. The molecular formula is C20H23N3O5. The molecule has 0 saturated carbocycles. The van der Waals surface area contributed by atoms with Crippen molar-refractivity contribution in [1.29, 1.82) is 0 Å². The van der Waals surface area contributed by atoms with Crippen molar-refractivity contribution in [3.05, 3.63) is 64.2 Å². The van der Waals surface area contributed by atoms with Crippen molar-refractivity contribution in [3.8, 4) is 5.75 Å². The van der Waals surface area contributed by atoms with E-state index >= 15 is 0 Å². The number of nitrogens with zero attached hydrogens (tertiary/aromatic N) is 1. The fourth-order valence-electron chi connectivity index (χ4n) is 2.40. The van der Waals surface area contributed by atoms with Gasteiger partial charge in [-0.05, 0) is 37.6 Å². The van der Waals surface area contributed by atoms with Gasteiger partial charge in [0.15, 0.2) is 6.10 Å². The highest BCUT2D eigenvalue weighted by molar-refractivity contribution is 6.04. The van der Waals surface area contributed by atoms with Gasteiger partial charge in [-0.3, -0.25) is 19.7 Å². The number of nitrogens with one attached hydrogen (secondary N) is 2. The molecule has 1 unspecified atom stereocenters. The Morgan fingerprint density at radius 2 is 1.82 bits per heavy atom. The molecule has 8 nitrogen and oxygen atoms in total. The molecule has 2 aromatic rings. The Hall–Kier alpha value is -3.42. The lowest BCUT2D eigenvalue weighted by molar-refractivity contribution is -0.384. The third-order valence-corrected chi connectivity index (χ3v) is 3.98. The smallest absolute Gasteiger partial charge is 0.269 e. The first kappa shape index (κ1) is 20.9. The third-order valence-electron chi connectivity index (χ3n) is 3.98. The quantitative estimate of drug-likeness (QED) is 0.390. The molecule has 2 rings (SSSR count). The lowest BCUT2D eigenvalue weighted by atomic mass is 10.1. The predicted octanol–water partition coefficient (Wildman–Crippen LogP) is 3.53. The Kier molecular flexibility index (Phi) is 7.50. The minimum atomic E-state index is -0.863. The Balaban J connectivity index is 2.01. The van der Waals surface area contributed by atoms with Gasteiger partial charge in [0.05, 0.1) is 16.2 Å². The van der Waals surface area contributed by atoms with Crippen molar-refractivity contribution in [2.45, 2.75) is 32.8 Å². The minimum Gasteiger partial charge on any atom is -0.481 e. The SMILES string of the molecule is CCCCNC(=O)c1ccccc1NC(=O)C(C)Oc1ccc([N+](=O)[O-])cc1. The molecule has 2 aromatic carbocycles. The topological polar surface area (TPSA) is 111 Å². The average Bonchev–Trinajstić information content (AvgIpc) is 2.68. The van der Waals surface area contributed by atoms with E-state index in [9.17, 15) is 19.7 Å². The molecule has 0 aromatic heterocycles. The third kappa shape index (κ3) is 5.80. The Morgan fingerprint density at radius 1 is 1.14 bits per heavy atom. The second kappa shape index (κ2) is 10.1. The number of ether oxygens (including phenoxy) is 1. The Morgan fingerprint density at radius 3 is 2.46 bits per heavy atom. The average molecular weight is 385 g/mol. The highest BCUT2D eigenvalue weighted by atomic mass is 16.6. The van der Waals surface area contributed by atoms with Crippen LogP contribution in [0.4, 0.5) is 11.4 Å². The number of para-hydroxylation sites is 1. The van der Waals surface area contributed by atoms with Crippen LogP contribution in [0.3, 0.4) is 0 Å². The zero-order valence-electron chi connectivity index (χ0n) is 15.8. The summed E-state index contributed by atoms with van der Waals surface area (Å²) in [6.45, 7) is 4.16. The summed E-state index contributed by atoms with van der Waals surface area (Å²) in [6.07, 6.45) is 0.981. The number of carbonyl (C=O) groups excluding carboxylic acids is 2. The number of rotatable bonds is 9. The van der Waals surface area contributed by atoms with Gasteiger partial charge in [0.2, 0.25) is 0 Å². The van der Waals surface area contributed by atoms with E-state index in [-0.39, 0.29) is 11.6 Å². The van der Waals surface area contributed by atoms with Gasteiger partial charge in [-0.2, -0.15) is 0 Å². The molecule has 0 aliphatic heterocycles. The Labute approximate surface area is 163 Å². The van der Waals surface area contributed by atoms with Crippen LogP contribution in [0.2, 0.25) is 0 Å². The van der Waals surface area contributed by atoms with Gasteiger partial charge in [0, 0.05) is 18.7 Å². The highest BCUT2D eigenvalue weighted by Gasteiger charge is 2.18. The zero-order chi connectivity index (χ0) is 20.5. The lowest BCUT2D eigenvalue weighted by Crippen LogP contribution is -2.32. The van der Waals surface area contributed by atoms with Crippen molar-refractivity contribution in [2.75, 3.05) is 11.9 Å². The molecule has 0 fully saturated rings. The number of nitro groups is 1. The summed E-state index contributed by atoms with van der Waals surface area (Å²) in [7, 11) is 0. The van der Waals surface area contributed by atoms with Crippen molar-refractivity contribution < 1.29 is 19.2 Å². The number of hydrogen-bond donors (Lipinski definition) is 2. The van der Waals surface area contributed by atoms with Gasteiger partial charge in [-0.15, -0.1) is 0 Å². The summed E-state index contributed by atoms with van der Waals surface area (Å²) < 4.78 is 5.53. The maximum Gasteiger partial charge on any atom is 0.269 e. The van der Waals surface area contributed by atoms with Crippen LogP contribution in [0.1, 0.15) is 37.0 Å². The fraction of sp³-hybridized carbons (Fsp3) is 0.300. The van der Waals surface area contributed by atoms with Gasteiger partial charge in [0.25, 0.3) is 17.5 Å². The predicted molar refractivity (Wildman–Crippen MR) is 105 cm³/mol. The molecule has 0 bridgehead atoms. The van der Waals surface area contributed by atoms with E-state index in [1.54, 1.807) is 31.2 Å². The van der Waals surface area contributed by atoms with Crippen LogP contribution >= 0.6 is 0 Å². The molecule has 0 saturated heterocycles. The summed E-state index contributed by atoms with van der Waals surface area (Å²) in [4.78, 5) is 34.9. The molecule has 148 valence electrons. The van der Waals surface area contributed by atoms with E-state index in [0.29, 0.717) is 23.5 Å². The second-order valence-electron chi connectivity index (χ2n) is 6.16. The number of hydrogen-bond acceptors (Lipinski definition) is 5. The number of unbranched alkanes of at least 4 members (excludes halogenated alkanes) is 1. The summed E-state index contributed by atoms with van der Waals surface area (Å²) in [5.41, 5.74) is 0.697. The van der Waals surface area contributed by atoms with Crippen LogP contribution in [-0.4, -0.2) is 29.4 Å². The minimum absolute atomic E-state index is 0.0625. The van der Waals surface area contributed by atoms with E-state index in [1.807, 2.05) is 6.92 Å². The molecule has 1 atom stereocenters. The monoisotopic (exact) mass is 385 g/mol. The maximum atomic E-state index is 12.5. The molecular weight excluding hydrogens is 362 g/mol. The van der Waals surface area contributed by atoms with Crippen molar-refractivity contribution in [1.82, 2.24) is 5.32 Å². The number of benzene rings is 2. The normalized spacial score (nSPS) is 11.4. The number of nitro benzene ring substituents is 1. The summed E-state index contributed by atoms with van der Waals surface area (Å²) in [5.74, 6) is -0.362. The van der Waals surface area contributed by atoms with Crippen LogP contribution in [0, 0.1) is 10.1 Å². The molecule has 0 radical (unpaired) electrons. The van der Waals surface area contributed by atoms with Gasteiger partial charge < -0.3 is 15.4 Å². The van der Waals surface area contributed by atoms with Crippen LogP contribution < -0.4 is 15.4 Å². The maximum absolute atomic E-state index is 12.5. The van der Waals surface area contributed by atoms with Crippen LogP contribution in [-0.2, 0) is 4.79 Å². The van der Waals surface area contributed by atoms with Crippen LogP contribution in [0.25, 0.3) is 0 Å². The van der Waals surface area contributed by atoms with Gasteiger partial charge in [-0.25, -0.2) is 0 Å². The molecule has 8 heteroatoms. The molecule has 0 aliphatic rings. The van der Waals surface area contributed by atoms with E-state index in [1.165, 1.54) is 24.3 Å². The van der Waals surface area contributed by atoms with Gasteiger partial charge >= 0.3 is 0 Å². The van der Waals surface area contributed by atoms with Crippen LogP contribution in [0.5, 0.6) is 5.75 Å². The largest absolute Gasteiger partial charge is 0.481 e. The molecule has 2 amide bonds. The van der Waals surface area contributed by atoms with E-state index in [4.69, 9.17) is 4.74 Å². The highest BCUT2D eigenvalue weighted by Crippen LogP contribution is 2.20. The van der Waals surface area contributed by atoms with Gasteiger partial charge in [0.1, 0.15) is 5.75 Å². The van der Waals surface area contributed by atoms with E-state index in [2.05, 4.69) is 10.6 Å². The molecule has 0 spiro atoms. The number of anilines is 1. The first-order chi connectivity index (χ1) is 13.4. The van der Waals surface area contributed by atoms with Crippen molar-refractivity contribution >= 4 is 23.2 Å². The molecule has 0 aliphatic carbocycles. The molecule has 2 N–H and O–H groups in total. The number of amides is 2. The fourth-order valence-corrected chi connectivity index (χ4v) is 2.40. The van der Waals surface area contributed by atoms with Crippen molar-refractivity contribution in [3.63, 3.8) is 0 Å². The summed E-state index contributed by atoms with van der Waals surface area (Å²) >= 11 is 0. The lowest BCUT2D eigenvalue weighted by Gasteiger charge is -2.16. The number of non-ortho nitro benzene ring substituents is 1. The zero-order valence-corrected chi connectivity index (χ0v) is 15.8. The first-order valence-electron chi connectivity index (χ1n) is 9.01. The van der Waals surface area contributed by atoms with Gasteiger partial charge in [-0.1, -0.05) is 25.5 Å². The van der Waals surface area contributed by atoms with E-state index < -0.39 is 16.9 Å². The second-order valence-corrected chi connectivity index (χ2v) is 6.16. The molecule has 28 heavy (non-hydrogen) atoms. The standard InChI is InChI=1S/C20H23N3O5/c1-3-4-13-21-20(25)17-7-5-6-8-18(17)22-19(24)14(2)28-16-11-9-15(10-12-16)23(26)27/h5-12,14H,3-4,13H2,1-2H3,(H,21,25)(H,22,24). The molecule has 0 heterocycles. The summed E-state index contributed by atoms with van der Waals surface area (Å²) in [5, 5.41) is 16.2. The summed E-state index contributed by atoms with van der Waals surface area (Å²) in [6, 6.07) is 12.2. The first-order valence-corrected chi connectivity index (χ1v) is 9.01.